The summed E-state index contributed by atoms with van der Waals surface area (Å²) < 4.78 is 0. The molecule has 31 heavy (non-hydrogen) atoms. The van der Waals surface area contributed by atoms with Gasteiger partial charge in [0.25, 0.3) is 0 Å². The van der Waals surface area contributed by atoms with Crippen LogP contribution in [0.15, 0.2) is 24.5 Å². The molecule has 0 saturated carbocycles. The van der Waals surface area contributed by atoms with Crippen LogP contribution in [0.2, 0.25) is 5.02 Å². The van der Waals surface area contributed by atoms with Crippen LogP contribution in [-0.2, 0) is 16.1 Å². The van der Waals surface area contributed by atoms with E-state index in [2.05, 4.69) is 20.6 Å². The Balaban J connectivity index is 1.88. The molecule has 0 aliphatic carbocycles. The van der Waals surface area contributed by atoms with Crippen molar-refractivity contribution in [3.63, 3.8) is 0 Å². The molecule has 2 amide bonds. The second kappa shape index (κ2) is 9.56. The third-order valence-corrected chi connectivity index (χ3v) is 5.39. The van der Waals surface area contributed by atoms with Gasteiger partial charge in [-0.25, -0.2) is 9.97 Å². The summed E-state index contributed by atoms with van der Waals surface area (Å²) in [6.45, 7) is 2.21. The molecule has 0 radical (unpaired) electrons. The van der Waals surface area contributed by atoms with Crippen LogP contribution >= 0.6 is 11.6 Å². The molecule has 0 bridgehead atoms. The zero-order valence-electron chi connectivity index (χ0n) is 16.8. The van der Waals surface area contributed by atoms with Crippen LogP contribution in [-0.4, -0.2) is 45.8 Å². The molecule has 12 heteroatoms. The quantitative estimate of drug-likeness (QED) is 0.406. The number of nitrogens with one attached hydrogen (secondary N) is 2. The largest absolute Gasteiger partial charge is 0.368 e. The van der Waals surface area contributed by atoms with E-state index in [1.807, 2.05) is 19.1 Å². The molecule has 164 valence electrons. The van der Waals surface area contributed by atoms with Gasteiger partial charge in [-0.1, -0.05) is 23.7 Å². The van der Waals surface area contributed by atoms with E-state index in [1.165, 1.54) is 6.33 Å². The first kappa shape index (κ1) is 22.2. The van der Waals surface area contributed by atoms with Crippen molar-refractivity contribution in [1.29, 1.82) is 0 Å². The minimum absolute atomic E-state index is 0.0255. The normalized spacial score (nSPS) is 15.5. The number of aromatic nitrogens is 2. The summed E-state index contributed by atoms with van der Waals surface area (Å²) in [5, 5.41) is 17.9. The van der Waals surface area contributed by atoms with Crippen molar-refractivity contribution in [2.45, 2.75) is 32.4 Å². The standard InChI is InChI=1S/C19H22ClN7O4/c1-11-4-2-5-13(20)12(11)8-22-17-16(27(30)31)18(25-10-24-17)26-7-3-6-14(26)19(29)23-9-15(21)28/h2,4-5,10,14H,3,6-9H2,1H3,(H2,21,28)(H,23,29)(H,22,24,25). The van der Waals surface area contributed by atoms with Crippen molar-refractivity contribution in [2.75, 3.05) is 23.3 Å². The molecule has 0 spiro atoms. The van der Waals surface area contributed by atoms with Crippen LogP contribution in [0.5, 0.6) is 0 Å². The zero-order valence-corrected chi connectivity index (χ0v) is 17.6. The number of anilines is 2. The molecule has 2 heterocycles. The Labute approximate surface area is 183 Å². The second-order valence-electron chi connectivity index (χ2n) is 7.08. The van der Waals surface area contributed by atoms with Crippen LogP contribution in [0.3, 0.4) is 0 Å². The average Bonchev–Trinajstić information content (AvgIpc) is 3.21. The fourth-order valence-electron chi connectivity index (χ4n) is 3.52. The maximum atomic E-state index is 12.5. The molecule has 1 aliphatic heterocycles. The van der Waals surface area contributed by atoms with Gasteiger partial charge in [-0.2, -0.15) is 0 Å². The highest BCUT2D eigenvalue weighted by atomic mass is 35.5. The lowest BCUT2D eigenvalue weighted by Gasteiger charge is -2.24. The molecular weight excluding hydrogens is 426 g/mol. The molecule has 11 nitrogen and oxygen atoms in total. The number of primary amides is 1. The van der Waals surface area contributed by atoms with Gasteiger partial charge in [0.1, 0.15) is 12.4 Å². The summed E-state index contributed by atoms with van der Waals surface area (Å²) in [6, 6.07) is 4.75. The van der Waals surface area contributed by atoms with Gasteiger partial charge in [-0.3, -0.25) is 19.7 Å². The van der Waals surface area contributed by atoms with Crippen molar-refractivity contribution < 1.29 is 14.5 Å². The minimum Gasteiger partial charge on any atom is -0.368 e. The number of aryl methyl sites for hydroxylation is 1. The van der Waals surface area contributed by atoms with E-state index in [0.29, 0.717) is 24.4 Å². The number of nitro groups is 1. The average molecular weight is 448 g/mol. The molecule has 3 rings (SSSR count). The Morgan fingerprint density at radius 3 is 2.84 bits per heavy atom. The first-order valence-electron chi connectivity index (χ1n) is 9.59. The third-order valence-electron chi connectivity index (χ3n) is 5.04. The number of halogens is 1. The number of carbonyl (C=O) groups excluding carboxylic acids is 2. The zero-order chi connectivity index (χ0) is 22.5. The highest BCUT2D eigenvalue weighted by molar-refractivity contribution is 6.31. The number of nitrogens with zero attached hydrogens (tertiary/aromatic N) is 4. The lowest BCUT2D eigenvalue weighted by atomic mass is 10.1. The molecular formula is C19H22ClN7O4. The summed E-state index contributed by atoms with van der Waals surface area (Å²) in [7, 11) is 0. The van der Waals surface area contributed by atoms with Gasteiger partial charge < -0.3 is 21.3 Å². The summed E-state index contributed by atoms with van der Waals surface area (Å²) in [5.41, 5.74) is 6.47. The van der Waals surface area contributed by atoms with Gasteiger partial charge in [0.15, 0.2) is 0 Å². The molecule has 1 aromatic carbocycles. The number of benzene rings is 1. The minimum atomic E-state index is -0.702. The molecule has 1 atom stereocenters. The van der Waals surface area contributed by atoms with Gasteiger partial charge in [0, 0.05) is 18.1 Å². The van der Waals surface area contributed by atoms with Crippen LogP contribution in [0.4, 0.5) is 17.3 Å². The predicted octanol–water partition coefficient (Wildman–Crippen LogP) is 1.53. The summed E-state index contributed by atoms with van der Waals surface area (Å²) >= 11 is 6.25. The van der Waals surface area contributed by atoms with Crippen molar-refractivity contribution >= 4 is 40.7 Å². The Morgan fingerprint density at radius 2 is 2.16 bits per heavy atom. The van der Waals surface area contributed by atoms with Gasteiger partial charge in [0.2, 0.25) is 23.5 Å². The molecule has 1 unspecified atom stereocenters. The van der Waals surface area contributed by atoms with Gasteiger partial charge in [0.05, 0.1) is 11.5 Å². The van der Waals surface area contributed by atoms with E-state index in [4.69, 9.17) is 17.3 Å². The number of amides is 2. The Bertz CT molecular complexity index is 996. The van der Waals surface area contributed by atoms with Crippen LogP contribution in [0.25, 0.3) is 0 Å². The molecule has 1 aliphatic rings. The number of hydrogen-bond donors (Lipinski definition) is 3. The Hall–Kier alpha value is -3.47. The van der Waals surface area contributed by atoms with Crippen molar-refractivity contribution in [2.24, 2.45) is 5.73 Å². The second-order valence-corrected chi connectivity index (χ2v) is 7.48. The van der Waals surface area contributed by atoms with Gasteiger partial charge >= 0.3 is 5.69 Å². The summed E-state index contributed by atoms with van der Waals surface area (Å²) in [4.78, 5) is 44.5. The molecule has 2 aromatic rings. The molecule has 1 aromatic heterocycles. The van der Waals surface area contributed by atoms with Crippen molar-refractivity contribution in [1.82, 2.24) is 15.3 Å². The molecule has 4 N–H and O–H groups in total. The molecule has 1 saturated heterocycles. The fraction of sp³-hybridized carbons (Fsp3) is 0.368. The van der Waals surface area contributed by atoms with Gasteiger partial charge in [-0.15, -0.1) is 0 Å². The van der Waals surface area contributed by atoms with E-state index in [9.17, 15) is 19.7 Å². The first-order valence-corrected chi connectivity index (χ1v) is 9.97. The summed E-state index contributed by atoms with van der Waals surface area (Å²) in [6.07, 6.45) is 2.31. The highest BCUT2D eigenvalue weighted by Gasteiger charge is 2.37. The number of carbonyl (C=O) groups is 2. The van der Waals surface area contributed by atoms with Gasteiger partial charge in [-0.05, 0) is 37.0 Å². The lowest BCUT2D eigenvalue weighted by molar-refractivity contribution is -0.383. The number of rotatable bonds is 8. The van der Waals surface area contributed by atoms with Crippen LogP contribution in [0.1, 0.15) is 24.0 Å². The maximum absolute atomic E-state index is 12.5. The maximum Gasteiger partial charge on any atom is 0.353 e. The number of nitrogens with two attached hydrogens (primary N) is 1. The van der Waals surface area contributed by atoms with Crippen LogP contribution < -0.4 is 21.3 Å². The third kappa shape index (κ3) is 5.00. The summed E-state index contributed by atoms with van der Waals surface area (Å²) in [5.74, 6) is -1.05. The van der Waals surface area contributed by atoms with E-state index in [0.717, 1.165) is 11.1 Å². The van der Waals surface area contributed by atoms with E-state index >= 15 is 0 Å². The lowest BCUT2D eigenvalue weighted by Crippen LogP contribution is -2.46. The smallest absolute Gasteiger partial charge is 0.353 e. The molecule has 1 fully saturated rings. The Morgan fingerprint density at radius 1 is 1.39 bits per heavy atom. The fourth-order valence-corrected chi connectivity index (χ4v) is 3.81. The van der Waals surface area contributed by atoms with Crippen LogP contribution in [0, 0.1) is 17.0 Å². The SMILES string of the molecule is Cc1cccc(Cl)c1CNc1ncnc(N2CCCC2C(=O)NCC(N)=O)c1[N+](=O)[O-]. The Kier molecular flexibility index (Phi) is 6.85. The van der Waals surface area contributed by atoms with Crippen molar-refractivity contribution in [3.8, 4) is 0 Å². The van der Waals surface area contributed by atoms with E-state index in [-0.39, 0.29) is 30.4 Å². The predicted molar refractivity (Wildman–Crippen MR) is 115 cm³/mol. The first-order chi connectivity index (χ1) is 14.8. The number of hydrogen-bond acceptors (Lipinski definition) is 8. The van der Waals surface area contributed by atoms with Crippen molar-refractivity contribution in [3.05, 3.63) is 50.8 Å². The topological polar surface area (TPSA) is 156 Å². The van der Waals surface area contributed by atoms with E-state index in [1.54, 1.807) is 11.0 Å². The monoisotopic (exact) mass is 447 g/mol. The van der Waals surface area contributed by atoms with E-state index < -0.39 is 22.8 Å². The highest BCUT2D eigenvalue weighted by Crippen LogP contribution is 2.36.